The van der Waals surface area contributed by atoms with Crippen LogP contribution in [0.1, 0.15) is 0 Å². The van der Waals surface area contributed by atoms with Crippen molar-refractivity contribution in [1.29, 1.82) is 0 Å². The molecule has 0 radical (unpaired) electrons. The molecule has 0 unspecified atom stereocenters. The summed E-state index contributed by atoms with van der Waals surface area (Å²) in [6, 6.07) is 5.55. The summed E-state index contributed by atoms with van der Waals surface area (Å²) in [4.78, 5) is 0. The zero-order chi connectivity index (χ0) is 6.85. The lowest BCUT2D eigenvalue weighted by atomic mass is 10.3. The van der Waals surface area contributed by atoms with Crippen LogP contribution in [0.25, 0.3) is 13.2 Å². The van der Waals surface area contributed by atoms with Crippen molar-refractivity contribution in [2.45, 2.75) is 0 Å². The smallest absolute Gasteiger partial charge is 0.0478 e. The van der Waals surface area contributed by atoms with Gasteiger partial charge in [0.05, 0.1) is 0 Å². The number of benzene rings is 1. The molecule has 46 valence electrons. The van der Waals surface area contributed by atoms with E-state index in [2.05, 4.69) is 13.2 Å². The summed E-state index contributed by atoms with van der Waals surface area (Å²) in [5, 5.41) is 2.39. The maximum atomic E-state index is 5.71. The lowest BCUT2D eigenvalue weighted by Gasteiger charge is -1.87. The van der Waals surface area contributed by atoms with Crippen LogP contribution in [-0.4, -0.2) is 0 Å². The summed E-state index contributed by atoms with van der Waals surface area (Å²) < 4.78 is 0. The van der Waals surface area contributed by atoms with Gasteiger partial charge in [-0.3, -0.25) is 0 Å². The molecule has 0 bridgehead atoms. The largest absolute Gasteiger partial charge is 0.0911 e. The highest BCUT2D eigenvalue weighted by atomic mass is 35.5. The van der Waals surface area contributed by atoms with Gasteiger partial charge in [0.2, 0.25) is 0 Å². The number of rotatable bonds is 0. The predicted molar refractivity (Wildman–Crippen MR) is 41.7 cm³/mol. The van der Waals surface area contributed by atoms with Crippen LogP contribution >= 0.6 is 11.6 Å². The zero-order valence-corrected chi connectivity index (χ0v) is 5.78. The highest BCUT2D eigenvalue weighted by molar-refractivity contribution is 6.30. The van der Waals surface area contributed by atoms with E-state index in [1.54, 1.807) is 6.07 Å². The molecule has 0 N–H and O–H groups in total. The summed E-state index contributed by atoms with van der Waals surface area (Å²) in [6.45, 7) is 7.46. The van der Waals surface area contributed by atoms with Gasteiger partial charge in [0.25, 0.3) is 0 Å². The third-order valence-corrected chi connectivity index (χ3v) is 1.57. The molecule has 0 amide bonds. The molecular formula is C8H7Cl. The second-order valence-corrected chi connectivity index (χ2v) is 2.28. The molecule has 1 aromatic carbocycles. The number of hydrogen-bond acceptors (Lipinski definition) is 0. The lowest BCUT2D eigenvalue weighted by Crippen LogP contribution is -2.21. The van der Waals surface area contributed by atoms with Gasteiger partial charge < -0.3 is 0 Å². The van der Waals surface area contributed by atoms with Crippen molar-refractivity contribution < 1.29 is 0 Å². The molecule has 0 nitrogen and oxygen atoms in total. The Bertz CT molecular complexity index is 301. The van der Waals surface area contributed by atoms with E-state index in [9.17, 15) is 0 Å². The Morgan fingerprint density at radius 1 is 1.22 bits per heavy atom. The van der Waals surface area contributed by atoms with E-state index in [4.69, 9.17) is 11.6 Å². The van der Waals surface area contributed by atoms with E-state index in [1.165, 1.54) is 0 Å². The van der Waals surface area contributed by atoms with Crippen molar-refractivity contribution in [1.82, 2.24) is 0 Å². The molecule has 0 atom stereocenters. The fourth-order valence-electron chi connectivity index (χ4n) is 0.603. The summed E-state index contributed by atoms with van der Waals surface area (Å²) in [5.41, 5.74) is 0. The predicted octanol–water partition coefficient (Wildman–Crippen LogP) is 1.16. The topological polar surface area (TPSA) is 0 Å². The molecule has 0 aliphatic carbocycles. The van der Waals surface area contributed by atoms with Crippen LogP contribution < -0.4 is 10.4 Å². The highest BCUT2D eigenvalue weighted by Gasteiger charge is 1.84. The molecule has 0 saturated heterocycles. The first-order chi connectivity index (χ1) is 4.22. The normalized spacial score (nSPS) is 9.44. The Morgan fingerprint density at radius 2 is 1.89 bits per heavy atom. The lowest BCUT2D eigenvalue weighted by molar-refractivity contribution is 1.55. The Labute approximate surface area is 59.1 Å². The van der Waals surface area contributed by atoms with Crippen LogP contribution in [0.2, 0.25) is 5.02 Å². The first-order valence-corrected chi connectivity index (χ1v) is 3.02. The van der Waals surface area contributed by atoms with E-state index in [-0.39, 0.29) is 0 Å². The minimum absolute atomic E-state index is 0.683. The standard InChI is InChI=1S/C8H7Cl/c1-6-4-3-5-8(9)7(6)2/h3-5H,1-2H2. The third kappa shape index (κ3) is 1.14. The highest BCUT2D eigenvalue weighted by Crippen LogP contribution is 1.94. The van der Waals surface area contributed by atoms with Gasteiger partial charge in [-0.15, -0.1) is 0 Å². The van der Waals surface area contributed by atoms with Gasteiger partial charge in [0, 0.05) is 5.02 Å². The second-order valence-electron chi connectivity index (χ2n) is 1.88. The molecule has 0 aliphatic rings. The summed E-state index contributed by atoms with van der Waals surface area (Å²) >= 11 is 5.71. The minimum atomic E-state index is 0.683. The van der Waals surface area contributed by atoms with Gasteiger partial charge in [-0.1, -0.05) is 36.9 Å². The van der Waals surface area contributed by atoms with Crippen LogP contribution in [0.3, 0.4) is 0 Å². The second kappa shape index (κ2) is 2.24. The third-order valence-electron chi connectivity index (χ3n) is 1.22. The summed E-state index contributed by atoms with van der Waals surface area (Å²) in [6.07, 6.45) is 0. The van der Waals surface area contributed by atoms with Crippen molar-refractivity contribution in [3.8, 4) is 0 Å². The van der Waals surface area contributed by atoms with Gasteiger partial charge in [-0.25, -0.2) is 0 Å². The van der Waals surface area contributed by atoms with Gasteiger partial charge in [-0.2, -0.15) is 0 Å². The molecule has 0 aromatic heterocycles. The molecule has 1 rings (SSSR count). The van der Waals surface area contributed by atoms with E-state index in [0.29, 0.717) is 5.02 Å². The molecular weight excluding hydrogens is 132 g/mol. The van der Waals surface area contributed by atoms with Crippen molar-refractivity contribution in [2.24, 2.45) is 0 Å². The van der Waals surface area contributed by atoms with E-state index < -0.39 is 0 Å². The van der Waals surface area contributed by atoms with Gasteiger partial charge in [0.1, 0.15) is 0 Å². The molecule has 0 spiro atoms. The fraction of sp³-hybridized carbons (Fsp3) is 0. The van der Waals surface area contributed by atoms with E-state index in [0.717, 1.165) is 10.4 Å². The summed E-state index contributed by atoms with van der Waals surface area (Å²) in [7, 11) is 0. The molecule has 0 aliphatic heterocycles. The monoisotopic (exact) mass is 138 g/mol. The molecule has 9 heavy (non-hydrogen) atoms. The van der Waals surface area contributed by atoms with Gasteiger partial charge in [0.15, 0.2) is 0 Å². The molecule has 0 fully saturated rings. The van der Waals surface area contributed by atoms with Gasteiger partial charge >= 0.3 is 0 Å². The zero-order valence-electron chi connectivity index (χ0n) is 5.02. The van der Waals surface area contributed by atoms with E-state index >= 15 is 0 Å². The van der Waals surface area contributed by atoms with Crippen LogP contribution in [0.5, 0.6) is 0 Å². The summed E-state index contributed by atoms with van der Waals surface area (Å²) in [5.74, 6) is 0. The molecule has 1 heteroatoms. The van der Waals surface area contributed by atoms with Crippen LogP contribution in [0.4, 0.5) is 0 Å². The number of hydrogen-bond donors (Lipinski definition) is 0. The Hall–Kier alpha value is -0.750. The van der Waals surface area contributed by atoms with Crippen LogP contribution in [0.15, 0.2) is 18.2 Å². The average molecular weight is 139 g/mol. The quantitative estimate of drug-likeness (QED) is 0.505. The van der Waals surface area contributed by atoms with Crippen molar-refractivity contribution >= 4 is 24.8 Å². The maximum absolute atomic E-state index is 5.71. The number of halogens is 1. The van der Waals surface area contributed by atoms with Crippen molar-refractivity contribution in [2.75, 3.05) is 0 Å². The van der Waals surface area contributed by atoms with Gasteiger partial charge in [-0.05, 0) is 16.5 Å². The maximum Gasteiger partial charge on any atom is 0.0478 e. The fourth-order valence-corrected chi connectivity index (χ4v) is 0.797. The Balaban J connectivity index is 3.63. The van der Waals surface area contributed by atoms with Crippen LogP contribution in [0, 0.1) is 0 Å². The van der Waals surface area contributed by atoms with Crippen molar-refractivity contribution in [3.05, 3.63) is 33.7 Å². The Kier molecular flexibility index (Phi) is 1.58. The van der Waals surface area contributed by atoms with Crippen molar-refractivity contribution in [3.63, 3.8) is 0 Å². The molecule has 0 saturated carbocycles. The SMILES string of the molecule is C=c1cccc(Cl)c1=C. The van der Waals surface area contributed by atoms with E-state index in [1.807, 2.05) is 12.1 Å². The minimum Gasteiger partial charge on any atom is -0.0911 e. The first kappa shape index (κ1) is 6.37. The molecule has 0 heterocycles. The molecule has 1 aromatic rings. The average Bonchev–Trinajstić information content (AvgIpc) is 1.83. The first-order valence-electron chi connectivity index (χ1n) is 2.64. The Morgan fingerprint density at radius 3 is 2.33 bits per heavy atom. The van der Waals surface area contributed by atoms with Crippen LogP contribution in [-0.2, 0) is 0 Å².